The number of carbonyl (C=O) groups is 1. The highest BCUT2D eigenvalue weighted by Gasteiger charge is 2.20. The molecule has 0 saturated carbocycles. The molecule has 18 heavy (non-hydrogen) atoms. The first-order chi connectivity index (χ1) is 8.56. The van der Waals surface area contributed by atoms with Crippen molar-refractivity contribution in [2.75, 3.05) is 27.2 Å². The Balaban J connectivity index is 4.07. The Hall–Kier alpha value is -0.610. The van der Waals surface area contributed by atoms with Crippen LogP contribution >= 0.6 is 0 Å². The third-order valence-corrected chi connectivity index (χ3v) is 3.62. The fraction of sp³-hybridized carbons (Fsp3) is 0.929. The van der Waals surface area contributed by atoms with E-state index >= 15 is 0 Å². The van der Waals surface area contributed by atoms with Crippen LogP contribution in [-0.4, -0.2) is 44.0 Å². The van der Waals surface area contributed by atoms with E-state index in [1.165, 1.54) is 0 Å². The van der Waals surface area contributed by atoms with E-state index in [1.807, 2.05) is 0 Å². The van der Waals surface area contributed by atoms with Crippen molar-refractivity contribution in [2.45, 2.75) is 52.0 Å². The van der Waals surface area contributed by atoms with Gasteiger partial charge in [-0.25, -0.2) is 0 Å². The summed E-state index contributed by atoms with van der Waals surface area (Å²) >= 11 is 0. The zero-order chi connectivity index (χ0) is 14.0. The lowest BCUT2D eigenvalue weighted by molar-refractivity contribution is -0.121. The highest BCUT2D eigenvalue weighted by molar-refractivity contribution is 5.75. The number of rotatable bonds is 10. The normalized spacial score (nSPS) is 13.1. The first-order valence-corrected chi connectivity index (χ1v) is 7.19. The number of unbranched alkanes of at least 4 members (excludes halogenated alkanes) is 1. The first-order valence-electron chi connectivity index (χ1n) is 7.19. The van der Waals surface area contributed by atoms with Crippen LogP contribution in [0.4, 0.5) is 0 Å². The van der Waals surface area contributed by atoms with Crippen LogP contribution in [0.1, 0.15) is 46.0 Å². The smallest absolute Gasteiger partial charge is 0.220 e. The van der Waals surface area contributed by atoms with Crippen LogP contribution < -0.4 is 11.1 Å². The number of amides is 1. The number of hydrogen-bond acceptors (Lipinski definition) is 3. The van der Waals surface area contributed by atoms with E-state index in [9.17, 15) is 4.79 Å². The molecule has 0 aliphatic carbocycles. The van der Waals surface area contributed by atoms with Gasteiger partial charge in [0.1, 0.15) is 0 Å². The largest absolute Gasteiger partial charge is 0.355 e. The van der Waals surface area contributed by atoms with E-state index in [0.29, 0.717) is 24.9 Å². The zero-order valence-corrected chi connectivity index (χ0v) is 12.5. The van der Waals surface area contributed by atoms with Gasteiger partial charge in [0.05, 0.1) is 0 Å². The second kappa shape index (κ2) is 10.3. The van der Waals surface area contributed by atoms with Crippen molar-refractivity contribution in [1.29, 1.82) is 0 Å². The Kier molecular flexibility index (Phi) is 9.98. The number of hydrogen-bond donors (Lipinski definition) is 2. The van der Waals surface area contributed by atoms with Gasteiger partial charge in [0.25, 0.3) is 0 Å². The number of nitrogens with zero attached hydrogens (tertiary/aromatic N) is 1. The van der Waals surface area contributed by atoms with Crippen molar-refractivity contribution in [1.82, 2.24) is 10.2 Å². The quantitative estimate of drug-likeness (QED) is 0.584. The molecule has 0 saturated heterocycles. The highest BCUT2D eigenvalue weighted by atomic mass is 16.1. The van der Waals surface area contributed by atoms with Gasteiger partial charge < -0.3 is 16.0 Å². The SMILES string of the molecule is CCC(CC)C(CNC(=O)CCCCN)N(C)C. The summed E-state index contributed by atoms with van der Waals surface area (Å²) in [6.45, 7) is 5.85. The summed E-state index contributed by atoms with van der Waals surface area (Å²) in [6, 6.07) is 0.429. The van der Waals surface area contributed by atoms with Crippen molar-refractivity contribution >= 4 is 5.91 Å². The predicted octanol–water partition coefficient (Wildman–Crippen LogP) is 1.60. The maximum atomic E-state index is 11.7. The van der Waals surface area contributed by atoms with Crippen LogP contribution in [0.5, 0.6) is 0 Å². The molecule has 0 aliphatic rings. The van der Waals surface area contributed by atoms with E-state index in [1.54, 1.807) is 0 Å². The number of nitrogens with two attached hydrogens (primary N) is 1. The van der Waals surface area contributed by atoms with Gasteiger partial charge in [0.2, 0.25) is 5.91 Å². The maximum Gasteiger partial charge on any atom is 0.220 e. The minimum atomic E-state index is 0.154. The molecule has 0 aromatic rings. The summed E-state index contributed by atoms with van der Waals surface area (Å²) in [5, 5.41) is 3.05. The Morgan fingerprint density at radius 3 is 2.28 bits per heavy atom. The van der Waals surface area contributed by atoms with Crippen LogP contribution in [0, 0.1) is 5.92 Å². The summed E-state index contributed by atoms with van der Waals surface area (Å²) in [6.07, 6.45) is 4.72. The second-order valence-electron chi connectivity index (χ2n) is 5.16. The molecule has 3 N–H and O–H groups in total. The summed E-state index contributed by atoms with van der Waals surface area (Å²) in [5.41, 5.74) is 5.41. The molecule has 0 aromatic heterocycles. The van der Waals surface area contributed by atoms with Crippen molar-refractivity contribution in [3.8, 4) is 0 Å². The van der Waals surface area contributed by atoms with Gasteiger partial charge in [0.15, 0.2) is 0 Å². The number of likely N-dealkylation sites (N-methyl/N-ethyl adjacent to an activating group) is 1. The zero-order valence-electron chi connectivity index (χ0n) is 12.5. The van der Waals surface area contributed by atoms with Gasteiger partial charge in [-0.2, -0.15) is 0 Å². The summed E-state index contributed by atoms with van der Waals surface area (Å²) < 4.78 is 0. The molecule has 4 nitrogen and oxygen atoms in total. The Morgan fingerprint density at radius 2 is 1.83 bits per heavy atom. The number of carbonyl (C=O) groups excluding carboxylic acids is 1. The Bertz CT molecular complexity index is 215. The Labute approximate surface area is 112 Å². The Morgan fingerprint density at radius 1 is 1.22 bits per heavy atom. The molecule has 0 bridgehead atoms. The van der Waals surface area contributed by atoms with Crippen LogP contribution in [-0.2, 0) is 4.79 Å². The minimum Gasteiger partial charge on any atom is -0.355 e. The predicted molar refractivity (Wildman–Crippen MR) is 77.5 cm³/mol. The van der Waals surface area contributed by atoms with Crippen LogP contribution in [0.15, 0.2) is 0 Å². The molecule has 0 aromatic carbocycles. The van der Waals surface area contributed by atoms with Gasteiger partial charge in [-0.3, -0.25) is 4.79 Å². The first kappa shape index (κ1) is 17.4. The maximum absolute atomic E-state index is 11.7. The fourth-order valence-corrected chi connectivity index (χ4v) is 2.34. The standard InChI is InChI=1S/C14H31N3O/c1-5-12(6-2)13(17(3)4)11-16-14(18)9-7-8-10-15/h12-13H,5-11,15H2,1-4H3,(H,16,18). The van der Waals surface area contributed by atoms with E-state index in [2.05, 4.69) is 38.2 Å². The van der Waals surface area contributed by atoms with Gasteiger partial charge in [-0.15, -0.1) is 0 Å². The molecule has 108 valence electrons. The van der Waals surface area contributed by atoms with E-state index in [-0.39, 0.29) is 5.91 Å². The van der Waals surface area contributed by atoms with Gasteiger partial charge in [0, 0.05) is 19.0 Å². The van der Waals surface area contributed by atoms with Gasteiger partial charge in [-0.1, -0.05) is 26.7 Å². The van der Waals surface area contributed by atoms with Crippen molar-refractivity contribution in [3.05, 3.63) is 0 Å². The topological polar surface area (TPSA) is 58.4 Å². The van der Waals surface area contributed by atoms with Crippen molar-refractivity contribution in [3.63, 3.8) is 0 Å². The molecule has 0 rings (SSSR count). The monoisotopic (exact) mass is 257 g/mol. The van der Waals surface area contributed by atoms with Crippen LogP contribution in [0.3, 0.4) is 0 Å². The van der Waals surface area contributed by atoms with E-state index in [4.69, 9.17) is 5.73 Å². The molecule has 0 heterocycles. The average Bonchev–Trinajstić information content (AvgIpc) is 2.34. The molecule has 0 radical (unpaired) electrons. The van der Waals surface area contributed by atoms with E-state index < -0.39 is 0 Å². The lowest BCUT2D eigenvalue weighted by atomic mass is 9.93. The summed E-state index contributed by atoms with van der Waals surface area (Å²) in [4.78, 5) is 13.9. The molecule has 1 amide bonds. The summed E-state index contributed by atoms with van der Waals surface area (Å²) in [7, 11) is 4.17. The molecular formula is C14H31N3O. The van der Waals surface area contributed by atoms with Crippen molar-refractivity contribution < 1.29 is 4.79 Å². The van der Waals surface area contributed by atoms with Gasteiger partial charge >= 0.3 is 0 Å². The van der Waals surface area contributed by atoms with Crippen LogP contribution in [0.2, 0.25) is 0 Å². The third kappa shape index (κ3) is 6.97. The second-order valence-corrected chi connectivity index (χ2v) is 5.16. The van der Waals surface area contributed by atoms with Crippen molar-refractivity contribution in [2.24, 2.45) is 11.7 Å². The van der Waals surface area contributed by atoms with E-state index in [0.717, 1.165) is 32.2 Å². The lowest BCUT2D eigenvalue weighted by Crippen LogP contribution is -2.44. The third-order valence-electron chi connectivity index (χ3n) is 3.62. The average molecular weight is 257 g/mol. The summed E-state index contributed by atoms with van der Waals surface area (Å²) in [5.74, 6) is 0.797. The van der Waals surface area contributed by atoms with Gasteiger partial charge in [-0.05, 0) is 39.4 Å². The molecule has 0 spiro atoms. The molecule has 1 atom stereocenters. The molecule has 0 fully saturated rings. The fourth-order valence-electron chi connectivity index (χ4n) is 2.34. The minimum absolute atomic E-state index is 0.154. The molecule has 0 aliphatic heterocycles. The highest BCUT2D eigenvalue weighted by Crippen LogP contribution is 2.16. The lowest BCUT2D eigenvalue weighted by Gasteiger charge is -2.31. The molecule has 1 unspecified atom stereocenters. The number of nitrogens with one attached hydrogen (secondary N) is 1. The molecular weight excluding hydrogens is 226 g/mol. The molecule has 4 heteroatoms. The van der Waals surface area contributed by atoms with Crippen LogP contribution in [0.25, 0.3) is 0 Å².